The zero-order chi connectivity index (χ0) is 21.3. The maximum absolute atomic E-state index is 14.4. The monoisotopic (exact) mass is 420 g/mol. The third-order valence-electron chi connectivity index (χ3n) is 5.45. The Labute approximate surface area is 163 Å². The highest BCUT2D eigenvalue weighted by Crippen LogP contribution is 2.40. The van der Waals surface area contributed by atoms with Gasteiger partial charge in [0, 0.05) is 12.1 Å². The topological polar surface area (TPSA) is 9.23 Å². The lowest BCUT2D eigenvalue weighted by molar-refractivity contribution is -0.189. The number of halogens is 7. The Balaban J connectivity index is 1.86. The number of rotatable bonds is 5. The molecule has 0 amide bonds. The smallest absolute Gasteiger partial charge is 0.429 e. The van der Waals surface area contributed by atoms with Gasteiger partial charge in [0.15, 0.2) is 17.5 Å². The summed E-state index contributed by atoms with van der Waals surface area (Å²) in [6, 6.07) is 2.03. The van der Waals surface area contributed by atoms with Crippen molar-refractivity contribution in [3.63, 3.8) is 0 Å². The van der Waals surface area contributed by atoms with E-state index < -0.39 is 46.5 Å². The van der Waals surface area contributed by atoms with Gasteiger partial charge in [0.2, 0.25) is 0 Å². The number of hydrogen-bond acceptors (Lipinski definition) is 1. The van der Waals surface area contributed by atoms with Crippen LogP contribution in [0.2, 0.25) is 0 Å². The van der Waals surface area contributed by atoms with Crippen LogP contribution in [0.1, 0.15) is 56.1 Å². The lowest BCUT2D eigenvalue weighted by Crippen LogP contribution is -2.26. The Hall–Kier alpha value is -2.25. The summed E-state index contributed by atoms with van der Waals surface area (Å²) in [5.41, 5.74) is -1.39. The molecule has 1 nitrogen and oxygen atoms in total. The zero-order valence-electron chi connectivity index (χ0n) is 15.6. The number of hydrogen-bond donors (Lipinski definition) is 0. The van der Waals surface area contributed by atoms with Gasteiger partial charge in [0.1, 0.15) is 22.9 Å². The van der Waals surface area contributed by atoms with Crippen LogP contribution < -0.4 is 4.74 Å². The molecule has 0 N–H and O–H groups in total. The van der Waals surface area contributed by atoms with Crippen molar-refractivity contribution in [1.82, 2.24) is 0 Å². The molecule has 0 unspecified atom stereocenters. The van der Waals surface area contributed by atoms with Crippen molar-refractivity contribution in [3.05, 3.63) is 64.5 Å². The summed E-state index contributed by atoms with van der Waals surface area (Å²) in [6.07, 6.45) is -0.346. The second kappa shape index (κ2) is 8.24. The van der Waals surface area contributed by atoms with Crippen molar-refractivity contribution in [1.29, 1.82) is 0 Å². The van der Waals surface area contributed by atoms with E-state index in [4.69, 9.17) is 0 Å². The van der Waals surface area contributed by atoms with Gasteiger partial charge in [-0.25, -0.2) is 22.0 Å². The minimum Gasteiger partial charge on any atom is -0.429 e. The van der Waals surface area contributed by atoms with E-state index in [1.807, 2.05) is 0 Å². The molecule has 8 heteroatoms. The molecule has 0 spiro atoms. The van der Waals surface area contributed by atoms with E-state index in [1.54, 1.807) is 0 Å². The lowest BCUT2D eigenvalue weighted by atomic mass is 9.77. The van der Waals surface area contributed by atoms with Crippen LogP contribution in [-0.4, -0.2) is 0 Å². The molecule has 158 valence electrons. The van der Waals surface area contributed by atoms with Crippen LogP contribution in [0.5, 0.6) is 5.75 Å². The fraction of sp³-hybridized carbons (Fsp3) is 0.429. The average Bonchev–Trinajstić information content (AvgIpc) is 2.65. The fourth-order valence-corrected chi connectivity index (χ4v) is 3.80. The van der Waals surface area contributed by atoms with Gasteiger partial charge in [0.05, 0.1) is 0 Å². The Morgan fingerprint density at radius 3 is 1.83 bits per heavy atom. The number of alkyl halides is 2. The van der Waals surface area contributed by atoms with Crippen molar-refractivity contribution in [2.45, 2.75) is 51.1 Å². The SMILES string of the molecule is CC[C@H]1CC[C@H](c2cc(F)c(C(F)(F)Oc3cc(F)c(F)c(F)c3)c(F)c2)CC1. The Kier molecular flexibility index (Phi) is 6.10. The van der Waals surface area contributed by atoms with E-state index >= 15 is 0 Å². The molecule has 0 bridgehead atoms. The summed E-state index contributed by atoms with van der Waals surface area (Å²) >= 11 is 0. The molecule has 1 aliphatic rings. The third kappa shape index (κ3) is 4.51. The second-order valence-electron chi connectivity index (χ2n) is 7.31. The molecule has 0 aliphatic heterocycles. The summed E-state index contributed by atoms with van der Waals surface area (Å²) in [5, 5.41) is 0. The molecule has 29 heavy (non-hydrogen) atoms. The van der Waals surface area contributed by atoms with Gasteiger partial charge in [-0.3, -0.25) is 0 Å². The van der Waals surface area contributed by atoms with Gasteiger partial charge in [-0.2, -0.15) is 8.78 Å². The van der Waals surface area contributed by atoms with Gasteiger partial charge >= 0.3 is 6.11 Å². The first-order valence-electron chi connectivity index (χ1n) is 9.33. The number of benzene rings is 2. The van der Waals surface area contributed by atoms with E-state index in [0.29, 0.717) is 18.8 Å². The normalized spacial score (nSPS) is 20.0. The summed E-state index contributed by atoms with van der Waals surface area (Å²) in [7, 11) is 0. The van der Waals surface area contributed by atoms with Gasteiger partial charge in [-0.1, -0.05) is 13.3 Å². The quantitative estimate of drug-likeness (QED) is 0.367. The highest BCUT2D eigenvalue weighted by Gasteiger charge is 2.42. The van der Waals surface area contributed by atoms with E-state index in [9.17, 15) is 30.7 Å². The summed E-state index contributed by atoms with van der Waals surface area (Å²) in [5.74, 6) is -9.15. The summed E-state index contributed by atoms with van der Waals surface area (Å²) in [6.45, 7) is 2.07. The maximum Gasteiger partial charge on any atom is 0.432 e. The Morgan fingerprint density at radius 2 is 1.34 bits per heavy atom. The van der Waals surface area contributed by atoms with Crippen molar-refractivity contribution < 1.29 is 35.5 Å². The first kappa shape index (κ1) is 21.5. The van der Waals surface area contributed by atoms with Gasteiger partial charge < -0.3 is 4.74 Å². The van der Waals surface area contributed by atoms with Crippen LogP contribution in [0, 0.1) is 35.0 Å². The molecule has 0 aromatic heterocycles. The summed E-state index contributed by atoms with van der Waals surface area (Å²) < 4.78 is 101. The molecule has 0 saturated heterocycles. The van der Waals surface area contributed by atoms with Crippen LogP contribution >= 0.6 is 0 Å². The van der Waals surface area contributed by atoms with Crippen LogP contribution in [0.25, 0.3) is 0 Å². The third-order valence-corrected chi connectivity index (χ3v) is 5.45. The molecule has 2 aromatic carbocycles. The molecule has 1 fully saturated rings. The first-order valence-corrected chi connectivity index (χ1v) is 9.33. The molecule has 1 saturated carbocycles. The van der Waals surface area contributed by atoms with E-state index in [1.165, 1.54) is 0 Å². The molecular formula is C21H19F7O. The average molecular weight is 420 g/mol. The van der Waals surface area contributed by atoms with Crippen molar-refractivity contribution in [2.24, 2.45) is 5.92 Å². The molecule has 3 rings (SSSR count). The highest BCUT2D eigenvalue weighted by atomic mass is 19.3. The minimum absolute atomic E-state index is 0.134. The largest absolute Gasteiger partial charge is 0.432 e. The molecule has 1 aliphatic carbocycles. The molecule has 0 atom stereocenters. The minimum atomic E-state index is -4.57. The van der Waals surface area contributed by atoms with Crippen molar-refractivity contribution in [3.8, 4) is 5.75 Å². The Morgan fingerprint density at radius 1 is 0.828 bits per heavy atom. The second-order valence-corrected chi connectivity index (χ2v) is 7.31. The summed E-state index contributed by atoms with van der Waals surface area (Å²) in [4.78, 5) is 0. The molecular weight excluding hydrogens is 401 g/mol. The van der Waals surface area contributed by atoms with E-state index in [-0.39, 0.29) is 23.6 Å². The van der Waals surface area contributed by atoms with Crippen LogP contribution in [0.4, 0.5) is 30.7 Å². The molecule has 2 aromatic rings. The predicted molar refractivity (Wildman–Crippen MR) is 92.2 cm³/mol. The van der Waals surface area contributed by atoms with Gasteiger partial charge in [-0.15, -0.1) is 0 Å². The zero-order valence-corrected chi connectivity index (χ0v) is 15.6. The number of ether oxygens (including phenoxy) is 1. The van der Waals surface area contributed by atoms with Crippen molar-refractivity contribution in [2.75, 3.05) is 0 Å². The highest BCUT2D eigenvalue weighted by molar-refractivity contribution is 5.33. The maximum atomic E-state index is 14.4. The van der Waals surface area contributed by atoms with Crippen LogP contribution in [0.15, 0.2) is 24.3 Å². The first-order chi connectivity index (χ1) is 13.6. The fourth-order valence-electron chi connectivity index (χ4n) is 3.80. The molecule has 0 heterocycles. The molecule has 0 radical (unpaired) electrons. The van der Waals surface area contributed by atoms with E-state index in [2.05, 4.69) is 11.7 Å². The van der Waals surface area contributed by atoms with Gasteiger partial charge in [0.25, 0.3) is 0 Å². The van der Waals surface area contributed by atoms with Crippen LogP contribution in [0.3, 0.4) is 0 Å². The predicted octanol–water partition coefficient (Wildman–Crippen LogP) is 7.19. The standard InChI is InChI=1S/C21H19F7O/c1-2-11-3-5-12(6-4-11)13-7-15(22)19(16(23)8-13)21(27,28)29-14-9-17(24)20(26)18(25)10-14/h7-12H,2-6H2,1H3/t11-,12-. The van der Waals surface area contributed by atoms with Gasteiger partial charge in [-0.05, 0) is 55.2 Å². The Bertz CT molecular complexity index is 843. The van der Waals surface area contributed by atoms with E-state index in [0.717, 1.165) is 31.4 Å². The van der Waals surface area contributed by atoms with Crippen molar-refractivity contribution >= 4 is 0 Å². The van der Waals surface area contributed by atoms with Crippen LogP contribution in [-0.2, 0) is 6.11 Å². The lowest BCUT2D eigenvalue weighted by Gasteiger charge is -2.28.